The monoisotopic (exact) mass is 194 g/mol. The largest absolute Gasteiger partial charge is 0.354 e. The van der Waals surface area contributed by atoms with Crippen LogP contribution >= 0.6 is 0 Å². The summed E-state index contributed by atoms with van der Waals surface area (Å²) in [6.07, 6.45) is 7.52. The Morgan fingerprint density at radius 1 is 1.57 bits per heavy atom. The van der Waals surface area contributed by atoms with Crippen molar-refractivity contribution in [1.29, 1.82) is 0 Å². The van der Waals surface area contributed by atoms with Gasteiger partial charge in [-0.1, -0.05) is 0 Å². The Hall–Kier alpha value is -1.03. The summed E-state index contributed by atoms with van der Waals surface area (Å²) in [7, 11) is 4.31. The molecule has 1 heterocycles. The van der Waals surface area contributed by atoms with E-state index in [4.69, 9.17) is 0 Å². The first kappa shape index (κ1) is 9.52. The van der Waals surface area contributed by atoms with Crippen LogP contribution in [-0.2, 0) is 0 Å². The third-order valence-corrected chi connectivity index (χ3v) is 3.32. The molecule has 1 aliphatic rings. The van der Waals surface area contributed by atoms with Crippen molar-refractivity contribution in [2.75, 3.05) is 26.0 Å². The summed E-state index contributed by atoms with van der Waals surface area (Å²) in [5.74, 6) is 0.873. The molecule has 1 aliphatic carbocycles. The molecule has 0 unspecified atom stereocenters. The van der Waals surface area contributed by atoms with Gasteiger partial charge in [-0.25, -0.2) is 4.98 Å². The summed E-state index contributed by atoms with van der Waals surface area (Å²) in [6.45, 7) is 0.980. The van der Waals surface area contributed by atoms with E-state index >= 15 is 0 Å². The Balaban J connectivity index is 1.90. The van der Waals surface area contributed by atoms with Gasteiger partial charge in [-0.15, -0.1) is 0 Å². The first-order valence-electron chi connectivity index (χ1n) is 5.14. The maximum atomic E-state index is 4.15. The van der Waals surface area contributed by atoms with Crippen molar-refractivity contribution in [3.63, 3.8) is 0 Å². The van der Waals surface area contributed by atoms with E-state index in [0.29, 0.717) is 5.54 Å². The van der Waals surface area contributed by atoms with E-state index in [1.165, 1.54) is 19.3 Å². The number of aromatic nitrogens is 2. The lowest BCUT2D eigenvalue weighted by Crippen LogP contribution is -2.54. The normalized spacial score (nSPS) is 19.4. The van der Waals surface area contributed by atoms with Crippen LogP contribution in [0.2, 0.25) is 0 Å². The molecule has 0 amide bonds. The second-order valence-corrected chi connectivity index (χ2v) is 4.26. The van der Waals surface area contributed by atoms with E-state index < -0.39 is 0 Å². The van der Waals surface area contributed by atoms with Crippen LogP contribution in [-0.4, -0.2) is 41.0 Å². The smallest absolute Gasteiger partial charge is 0.200 e. The van der Waals surface area contributed by atoms with Crippen LogP contribution in [0.3, 0.4) is 0 Å². The van der Waals surface area contributed by atoms with Crippen LogP contribution in [0.1, 0.15) is 19.3 Å². The molecule has 14 heavy (non-hydrogen) atoms. The number of anilines is 1. The minimum absolute atomic E-state index is 0.354. The molecule has 78 valence electrons. The molecule has 2 rings (SSSR count). The van der Waals surface area contributed by atoms with Crippen molar-refractivity contribution in [2.24, 2.45) is 0 Å². The summed E-state index contributed by atoms with van der Waals surface area (Å²) in [5, 5.41) is 3.34. The standard InChI is InChI=1S/C10H18N4/c1-14(2)10(4-3-5-10)8-13-9-11-6-7-12-9/h6-7H,3-5,8H2,1-2H3,(H2,11,12,13). The van der Waals surface area contributed by atoms with Crippen LogP contribution in [0, 0.1) is 0 Å². The number of H-pyrrole nitrogens is 1. The molecule has 1 fully saturated rings. The minimum Gasteiger partial charge on any atom is -0.354 e. The Bertz CT molecular complexity index is 274. The third kappa shape index (κ3) is 1.62. The van der Waals surface area contributed by atoms with E-state index in [2.05, 4.69) is 34.3 Å². The zero-order chi connectivity index (χ0) is 10.0. The molecule has 0 bridgehead atoms. The Labute approximate surface area is 84.7 Å². The van der Waals surface area contributed by atoms with Crippen LogP contribution in [0.4, 0.5) is 5.95 Å². The van der Waals surface area contributed by atoms with Crippen molar-refractivity contribution in [3.05, 3.63) is 12.4 Å². The predicted molar refractivity (Wildman–Crippen MR) is 57.3 cm³/mol. The molecule has 0 spiro atoms. The van der Waals surface area contributed by atoms with Gasteiger partial charge in [0.25, 0.3) is 0 Å². The average Bonchev–Trinajstić information content (AvgIpc) is 2.53. The SMILES string of the molecule is CN(C)C1(CNc2ncc[nH]2)CCC1. The molecule has 2 N–H and O–H groups in total. The highest BCUT2D eigenvalue weighted by Gasteiger charge is 2.38. The van der Waals surface area contributed by atoms with Gasteiger partial charge in [0.15, 0.2) is 5.95 Å². The Morgan fingerprint density at radius 3 is 2.79 bits per heavy atom. The molecule has 0 radical (unpaired) electrons. The number of hydrogen-bond acceptors (Lipinski definition) is 3. The van der Waals surface area contributed by atoms with Crippen LogP contribution < -0.4 is 5.32 Å². The lowest BCUT2D eigenvalue weighted by atomic mass is 9.75. The van der Waals surface area contributed by atoms with Gasteiger partial charge < -0.3 is 15.2 Å². The fourth-order valence-corrected chi connectivity index (χ4v) is 1.98. The van der Waals surface area contributed by atoms with Crippen molar-refractivity contribution in [1.82, 2.24) is 14.9 Å². The summed E-state index contributed by atoms with van der Waals surface area (Å²) < 4.78 is 0. The van der Waals surface area contributed by atoms with Crippen LogP contribution in [0.25, 0.3) is 0 Å². The van der Waals surface area contributed by atoms with Crippen LogP contribution in [0.15, 0.2) is 12.4 Å². The van der Waals surface area contributed by atoms with E-state index in [0.717, 1.165) is 12.5 Å². The highest BCUT2D eigenvalue weighted by molar-refractivity contribution is 5.24. The van der Waals surface area contributed by atoms with Gasteiger partial charge in [0.05, 0.1) is 0 Å². The molecule has 1 aromatic rings. The van der Waals surface area contributed by atoms with E-state index in [1.807, 2.05) is 6.20 Å². The van der Waals surface area contributed by atoms with E-state index in [-0.39, 0.29) is 0 Å². The first-order chi connectivity index (χ1) is 6.73. The van der Waals surface area contributed by atoms with Gasteiger partial charge in [-0.3, -0.25) is 0 Å². The van der Waals surface area contributed by atoms with Gasteiger partial charge in [0.1, 0.15) is 0 Å². The molecule has 0 atom stereocenters. The third-order valence-electron chi connectivity index (χ3n) is 3.32. The molecular weight excluding hydrogens is 176 g/mol. The second-order valence-electron chi connectivity index (χ2n) is 4.26. The van der Waals surface area contributed by atoms with Crippen molar-refractivity contribution in [3.8, 4) is 0 Å². The summed E-state index contributed by atoms with van der Waals surface area (Å²) in [5.41, 5.74) is 0.354. The minimum atomic E-state index is 0.354. The highest BCUT2D eigenvalue weighted by Crippen LogP contribution is 2.35. The fourth-order valence-electron chi connectivity index (χ4n) is 1.98. The molecule has 4 heteroatoms. The van der Waals surface area contributed by atoms with Gasteiger partial charge in [-0.05, 0) is 33.4 Å². The molecule has 0 saturated heterocycles. The zero-order valence-corrected chi connectivity index (χ0v) is 8.88. The number of aromatic amines is 1. The molecular formula is C10H18N4. The number of nitrogens with zero attached hydrogens (tertiary/aromatic N) is 2. The van der Waals surface area contributed by atoms with Crippen molar-refractivity contribution < 1.29 is 0 Å². The summed E-state index contributed by atoms with van der Waals surface area (Å²) in [4.78, 5) is 9.53. The molecule has 0 aromatic carbocycles. The first-order valence-corrected chi connectivity index (χ1v) is 5.14. The molecule has 1 aromatic heterocycles. The van der Waals surface area contributed by atoms with E-state index in [1.54, 1.807) is 6.20 Å². The van der Waals surface area contributed by atoms with Gasteiger partial charge in [0, 0.05) is 24.5 Å². The predicted octanol–water partition coefficient (Wildman–Crippen LogP) is 1.31. The molecule has 1 saturated carbocycles. The van der Waals surface area contributed by atoms with Crippen LogP contribution in [0.5, 0.6) is 0 Å². The lowest BCUT2D eigenvalue weighted by molar-refractivity contribution is 0.0737. The van der Waals surface area contributed by atoms with Gasteiger partial charge in [0.2, 0.25) is 0 Å². The van der Waals surface area contributed by atoms with Crippen molar-refractivity contribution in [2.45, 2.75) is 24.8 Å². The van der Waals surface area contributed by atoms with Gasteiger partial charge >= 0.3 is 0 Å². The second kappa shape index (κ2) is 3.61. The van der Waals surface area contributed by atoms with Gasteiger partial charge in [-0.2, -0.15) is 0 Å². The number of imidazole rings is 1. The zero-order valence-electron chi connectivity index (χ0n) is 8.88. The molecule has 0 aliphatic heterocycles. The number of rotatable bonds is 4. The Kier molecular flexibility index (Phi) is 2.46. The maximum Gasteiger partial charge on any atom is 0.200 e. The Morgan fingerprint density at radius 2 is 2.36 bits per heavy atom. The fraction of sp³-hybridized carbons (Fsp3) is 0.700. The lowest BCUT2D eigenvalue weighted by Gasteiger charge is -2.47. The number of likely N-dealkylation sites (N-methyl/N-ethyl adjacent to an activating group) is 1. The highest BCUT2D eigenvalue weighted by atomic mass is 15.2. The number of nitrogens with one attached hydrogen (secondary N) is 2. The maximum absolute atomic E-state index is 4.15. The number of hydrogen-bond donors (Lipinski definition) is 2. The quantitative estimate of drug-likeness (QED) is 0.759. The van der Waals surface area contributed by atoms with Crippen molar-refractivity contribution >= 4 is 5.95 Å². The topological polar surface area (TPSA) is 44.0 Å². The van der Waals surface area contributed by atoms with E-state index in [9.17, 15) is 0 Å². The summed E-state index contributed by atoms with van der Waals surface area (Å²) in [6, 6.07) is 0. The summed E-state index contributed by atoms with van der Waals surface area (Å²) >= 11 is 0. The molecule has 4 nitrogen and oxygen atoms in total. The average molecular weight is 194 g/mol.